The maximum Gasteiger partial charge on any atom is 0.191 e. The number of hydrogen-bond acceptors (Lipinski definition) is 5. The van der Waals surface area contributed by atoms with Crippen LogP contribution < -0.4 is 15.4 Å². The molecule has 1 fully saturated rings. The zero-order valence-electron chi connectivity index (χ0n) is 17.8. The maximum absolute atomic E-state index is 9.86. The SMILES string of the molecule is CCNC(=NCc1ccc(O)c(OCC)c1)NC1CCN(Cc2ccsc2)CC1.I. The molecule has 1 saturated heterocycles. The molecule has 1 aliphatic rings. The number of aliphatic imine (C=N–C) groups is 1. The fourth-order valence-electron chi connectivity index (χ4n) is 3.49. The molecule has 30 heavy (non-hydrogen) atoms. The minimum Gasteiger partial charge on any atom is -0.504 e. The first kappa shape index (κ1) is 24.7. The number of likely N-dealkylation sites (tertiary alicyclic amines) is 1. The van der Waals surface area contributed by atoms with Gasteiger partial charge in [0.05, 0.1) is 13.2 Å². The van der Waals surface area contributed by atoms with E-state index in [2.05, 4.69) is 39.3 Å². The number of hydrogen-bond donors (Lipinski definition) is 3. The Hall–Kier alpha value is -1.52. The van der Waals surface area contributed by atoms with Crippen molar-refractivity contribution >= 4 is 41.3 Å². The van der Waals surface area contributed by atoms with Crippen LogP contribution in [0.25, 0.3) is 0 Å². The average Bonchev–Trinajstić information content (AvgIpc) is 3.23. The van der Waals surface area contributed by atoms with Crippen LogP contribution in [0.5, 0.6) is 11.5 Å². The molecule has 0 aliphatic carbocycles. The van der Waals surface area contributed by atoms with Gasteiger partial charge in [-0.15, -0.1) is 24.0 Å². The number of phenolic OH excluding ortho intramolecular Hbond substituents is 1. The summed E-state index contributed by atoms with van der Waals surface area (Å²) in [6.07, 6.45) is 2.23. The van der Waals surface area contributed by atoms with Crippen LogP contribution in [0, 0.1) is 0 Å². The fourth-order valence-corrected chi connectivity index (χ4v) is 4.15. The molecule has 0 radical (unpaired) electrons. The Kier molecular flexibility index (Phi) is 10.7. The normalized spacial score (nSPS) is 15.5. The van der Waals surface area contributed by atoms with E-state index >= 15 is 0 Å². The van der Waals surface area contributed by atoms with Crippen LogP contribution in [0.1, 0.15) is 37.8 Å². The molecule has 3 rings (SSSR count). The average molecular weight is 545 g/mol. The van der Waals surface area contributed by atoms with E-state index in [1.54, 1.807) is 17.4 Å². The monoisotopic (exact) mass is 544 g/mol. The number of piperidine rings is 1. The number of thiophene rings is 1. The number of benzene rings is 1. The molecule has 166 valence electrons. The maximum atomic E-state index is 9.86. The minimum atomic E-state index is 0. The predicted molar refractivity (Wildman–Crippen MR) is 135 cm³/mol. The third-order valence-electron chi connectivity index (χ3n) is 5.00. The summed E-state index contributed by atoms with van der Waals surface area (Å²) in [7, 11) is 0. The second-order valence-electron chi connectivity index (χ2n) is 7.26. The van der Waals surface area contributed by atoms with Crippen molar-refractivity contribution in [2.24, 2.45) is 4.99 Å². The summed E-state index contributed by atoms with van der Waals surface area (Å²) in [5.41, 5.74) is 2.42. The van der Waals surface area contributed by atoms with Crippen LogP contribution in [0.4, 0.5) is 0 Å². The van der Waals surface area contributed by atoms with Gasteiger partial charge in [-0.05, 0) is 66.8 Å². The van der Waals surface area contributed by atoms with Gasteiger partial charge in [-0.25, -0.2) is 4.99 Å². The van der Waals surface area contributed by atoms with Crippen LogP contribution in [0.3, 0.4) is 0 Å². The Balaban J connectivity index is 0.00000320. The number of nitrogens with zero attached hydrogens (tertiary/aromatic N) is 2. The molecular formula is C22H33IN4O2S. The van der Waals surface area contributed by atoms with Gasteiger partial charge in [0, 0.05) is 32.2 Å². The summed E-state index contributed by atoms with van der Waals surface area (Å²) < 4.78 is 5.47. The van der Waals surface area contributed by atoms with Crippen molar-refractivity contribution in [3.05, 3.63) is 46.2 Å². The van der Waals surface area contributed by atoms with Crippen molar-refractivity contribution in [2.75, 3.05) is 26.2 Å². The number of halogens is 1. The Morgan fingerprint density at radius 2 is 2.03 bits per heavy atom. The molecule has 1 aromatic heterocycles. The molecular weight excluding hydrogens is 511 g/mol. The van der Waals surface area contributed by atoms with Crippen LogP contribution in [-0.2, 0) is 13.1 Å². The van der Waals surface area contributed by atoms with Gasteiger partial charge in [-0.3, -0.25) is 4.90 Å². The molecule has 2 heterocycles. The van der Waals surface area contributed by atoms with Crippen molar-refractivity contribution in [3.63, 3.8) is 0 Å². The fraction of sp³-hybridized carbons (Fsp3) is 0.500. The van der Waals surface area contributed by atoms with E-state index in [9.17, 15) is 5.11 Å². The van der Waals surface area contributed by atoms with Gasteiger partial charge in [0.2, 0.25) is 0 Å². The molecule has 1 aromatic carbocycles. The standard InChI is InChI=1S/C22H32N4O2S.HI/c1-3-23-22(24-14-17-5-6-20(27)21(13-17)28-4-2)25-19-7-10-26(11-8-19)15-18-9-12-29-16-18;/h5-6,9,12-13,16,19,27H,3-4,7-8,10-11,14-15H2,1-2H3,(H2,23,24,25);1H. The van der Waals surface area contributed by atoms with E-state index in [1.165, 1.54) is 5.56 Å². The van der Waals surface area contributed by atoms with Gasteiger partial charge in [0.25, 0.3) is 0 Å². The Bertz CT molecular complexity index is 777. The van der Waals surface area contributed by atoms with Crippen LogP contribution in [0.15, 0.2) is 40.0 Å². The minimum absolute atomic E-state index is 0. The van der Waals surface area contributed by atoms with Crippen molar-refractivity contribution in [1.29, 1.82) is 0 Å². The number of nitrogens with one attached hydrogen (secondary N) is 2. The summed E-state index contributed by atoms with van der Waals surface area (Å²) in [4.78, 5) is 7.26. The smallest absolute Gasteiger partial charge is 0.191 e. The zero-order chi connectivity index (χ0) is 20.5. The van der Waals surface area contributed by atoms with Gasteiger partial charge < -0.3 is 20.5 Å². The number of phenols is 1. The second-order valence-corrected chi connectivity index (χ2v) is 8.04. The van der Waals surface area contributed by atoms with Gasteiger partial charge in [-0.1, -0.05) is 6.07 Å². The highest BCUT2D eigenvalue weighted by molar-refractivity contribution is 14.0. The van der Waals surface area contributed by atoms with Crippen LogP contribution in [-0.4, -0.2) is 48.2 Å². The van der Waals surface area contributed by atoms with Gasteiger partial charge >= 0.3 is 0 Å². The number of guanidine groups is 1. The van der Waals surface area contributed by atoms with Crippen molar-refractivity contribution in [2.45, 2.75) is 45.8 Å². The largest absolute Gasteiger partial charge is 0.504 e. The lowest BCUT2D eigenvalue weighted by Gasteiger charge is -2.33. The number of rotatable bonds is 8. The van der Waals surface area contributed by atoms with E-state index in [1.807, 2.05) is 19.1 Å². The van der Waals surface area contributed by atoms with E-state index in [0.717, 1.165) is 50.5 Å². The first-order valence-electron chi connectivity index (χ1n) is 10.4. The van der Waals surface area contributed by atoms with Gasteiger partial charge in [0.1, 0.15) is 0 Å². The molecule has 0 spiro atoms. The lowest BCUT2D eigenvalue weighted by Crippen LogP contribution is -2.48. The first-order valence-corrected chi connectivity index (χ1v) is 11.3. The quantitative estimate of drug-likeness (QED) is 0.264. The molecule has 1 aliphatic heterocycles. The summed E-state index contributed by atoms with van der Waals surface area (Å²) in [5, 5.41) is 21.2. The molecule has 0 unspecified atom stereocenters. The summed E-state index contributed by atoms with van der Waals surface area (Å²) in [5.74, 6) is 1.52. The lowest BCUT2D eigenvalue weighted by atomic mass is 10.0. The highest BCUT2D eigenvalue weighted by Crippen LogP contribution is 2.27. The third-order valence-corrected chi connectivity index (χ3v) is 5.73. The molecule has 0 amide bonds. The molecule has 0 saturated carbocycles. The van der Waals surface area contributed by atoms with Crippen LogP contribution in [0.2, 0.25) is 0 Å². The number of ether oxygens (including phenoxy) is 1. The zero-order valence-corrected chi connectivity index (χ0v) is 20.9. The van der Waals surface area contributed by atoms with Gasteiger partial charge in [-0.2, -0.15) is 11.3 Å². The Morgan fingerprint density at radius 3 is 2.70 bits per heavy atom. The number of aromatic hydroxyl groups is 1. The van der Waals surface area contributed by atoms with Crippen molar-refractivity contribution in [3.8, 4) is 11.5 Å². The second kappa shape index (κ2) is 13.0. The Morgan fingerprint density at radius 1 is 1.23 bits per heavy atom. The summed E-state index contributed by atoms with van der Waals surface area (Å²) in [6, 6.07) is 8.05. The summed E-state index contributed by atoms with van der Waals surface area (Å²) in [6.45, 7) is 9.11. The topological polar surface area (TPSA) is 69.1 Å². The summed E-state index contributed by atoms with van der Waals surface area (Å²) >= 11 is 1.77. The van der Waals surface area contributed by atoms with Crippen molar-refractivity contribution in [1.82, 2.24) is 15.5 Å². The molecule has 8 heteroatoms. The molecule has 6 nitrogen and oxygen atoms in total. The molecule has 3 N–H and O–H groups in total. The predicted octanol–water partition coefficient (Wildman–Crippen LogP) is 4.19. The van der Waals surface area contributed by atoms with E-state index in [-0.39, 0.29) is 29.7 Å². The third kappa shape index (κ3) is 7.63. The highest BCUT2D eigenvalue weighted by Gasteiger charge is 2.20. The van der Waals surface area contributed by atoms with E-state index < -0.39 is 0 Å². The lowest BCUT2D eigenvalue weighted by molar-refractivity contribution is 0.198. The van der Waals surface area contributed by atoms with E-state index in [4.69, 9.17) is 9.73 Å². The van der Waals surface area contributed by atoms with Gasteiger partial charge in [0.15, 0.2) is 17.5 Å². The van der Waals surface area contributed by atoms with Crippen molar-refractivity contribution < 1.29 is 9.84 Å². The van der Waals surface area contributed by atoms with Crippen LogP contribution >= 0.6 is 35.3 Å². The molecule has 0 atom stereocenters. The molecule has 0 bridgehead atoms. The highest BCUT2D eigenvalue weighted by atomic mass is 127. The molecule has 2 aromatic rings. The Labute approximate surface area is 200 Å². The first-order chi connectivity index (χ1) is 14.2. The van der Waals surface area contributed by atoms with E-state index in [0.29, 0.717) is 24.9 Å².